The van der Waals surface area contributed by atoms with Gasteiger partial charge in [0.1, 0.15) is 0 Å². The van der Waals surface area contributed by atoms with Crippen LogP contribution < -0.4 is 4.90 Å². The van der Waals surface area contributed by atoms with Gasteiger partial charge < -0.3 is 14.9 Å². The molecular formula is C16H22N2O3. The second kappa shape index (κ2) is 6.61. The number of carboxylic acid groups (broad SMARTS) is 1. The number of nitrogens with zero attached hydrogens (tertiary/aromatic N) is 2. The normalized spacial score (nSPS) is 13.7. The Bertz CT molecular complexity index is 540. The molecule has 1 N–H and O–H groups in total. The van der Waals surface area contributed by atoms with Gasteiger partial charge in [-0.1, -0.05) is 6.07 Å². The van der Waals surface area contributed by atoms with Crippen molar-refractivity contribution >= 4 is 17.6 Å². The van der Waals surface area contributed by atoms with Gasteiger partial charge >= 0.3 is 5.97 Å². The van der Waals surface area contributed by atoms with Crippen LogP contribution in [0.3, 0.4) is 0 Å². The Balaban J connectivity index is 2.07. The Morgan fingerprint density at radius 1 is 1.33 bits per heavy atom. The Kier molecular flexibility index (Phi) is 4.83. The number of amides is 1. The van der Waals surface area contributed by atoms with E-state index in [1.807, 2.05) is 6.07 Å². The molecule has 0 bridgehead atoms. The van der Waals surface area contributed by atoms with Crippen molar-refractivity contribution in [1.82, 2.24) is 4.90 Å². The number of hydrogen-bond donors (Lipinski definition) is 1. The predicted octanol–water partition coefficient (Wildman–Crippen LogP) is 2.01. The monoisotopic (exact) mass is 290 g/mol. The van der Waals surface area contributed by atoms with E-state index in [0.717, 1.165) is 43.6 Å². The maximum atomic E-state index is 11.6. The summed E-state index contributed by atoms with van der Waals surface area (Å²) in [5, 5.41) is 9.27. The van der Waals surface area contributed by atoms with Gasteiger partial charge in [0, 0.05) is 39.3 Å². The molecule has 0 radical (unpaired) electrons. The topological polar surface area (TPSA) is 60.9 Å². The van der Waals surface area contributed by atoms with Crippen molar-refractivity contribution < 1.29 is 14.7 Å². The Morgan fingerprint density at radius 2 is 2.10 bits per heavy atom. The van der Waals surface area contributed by atoms with Crippen molar-refractivity contribution in [1.29, 1.82) is 0 Å². The lowest BCUT2D eigenvalue weighted by Gasteiger charge is -2.32. The van der Waals surface area contributed by atoms with Gasteiger partial charge in [-0.05, 0) is 37.0 Å². The van der Waals surface area contributed by atoms with E-state index in [2.05, 4.69) is 4.90 Å². The molecule has 114 valence electrons. The molecule has 1 aromatic carbocycles. The van der Waals surface area contributed by atoms with Crippen LogP contribution in [0.15, 0.2) is 18.2 Å². The van der Waals surface area contributed by atoms with Crippen LogP contribution in [0.4, 0.5) is 5.69 Å². The molecule has 21 heavy (non-hydrogen) atoms. The van der Waals surface area contributed by atoms with Gasteiger partial charge in [0.25, 0.3) is 0 Å². The van der Waals surface area contributed by atoms with E-state index < -0.39 is 5.97 Å². The molecule has 1 amide bonds. The van der Waals surface area contributed by atoms with Gasteiger partial charge in [0.2, 0.25) is 5.91 Å². The van der Waals surface area contributed by atoms with E-state index in [4.69, 9.17) is 0 Å². The highest BCUT2D eigenvalue weighted by Gasteiger charge is 2.21. The summed E-state index contributed by atoms with van der Waals surface area (Å²) < 4.78 is 0. The largest absolute Gasteiger partial charge is 0.478 e. The van der Waals surface area contributed by atoms with Crippen LogP contribution in [0, 0.1) is 0 Å². The fraction of sp³-hybridized carbons (Fsp3) is 0.500. The predicted molar refractivity (Wildman–Crippen MR) is 81.9 cm³/mol. The van der Waals surface area contributed by atoms with Crippen LogP contribution in [-0.2, 0) is 11.2 Å². The lowest BCUT2D eigenvalue weighted by Crippen LogP contribution is -2.32. The lowest BCUT2D eigenvalue weighted by atomic mass is 9.96. The summed E-state index contributed by atoms with van der Waals surface area (Å²) in [6.07, 6.45) is 3.08. The number of carbonyl (C=O) groups excluding carboxylic acids is 1. The van der Waals surface area contributed by atoms with E-state index in [0.29, 0.717) is 12.0 Å². The molecule has 0 aliphatic carbocycles. The van der Waals surface area contributed by atoms with Crippen LogP contribution in [-0.4, -0.2) is 49.1 Å². The summed E-state index contributed by atoms with van der Waals surface area (Å²) >= 11 is 0. The summed E-state index contributed by atoms with van der Waals surface area (Å²) in [4.78, 5) is 26.7. The molecular weight excluding hydrogens is 268 g/mol. The number of hydrogen-bond acceptors (Lipinski definition) is 3. The first kappa shape index (κ1) is 15.4. The standard InChI is InChI=1S/C16H22N2O3/c1-17(2)15(19)9-5-11-18-10-4-7-12-13(16(20)21)6-3-8-14(12)18/h3,6,8H,4-5,7,9-11H2,1-2H3,(H,20,21). The molecule has 0 unspecified atom stereocenters. The zero-order chi connectivity index (χ0) is 15.4. The second-order valence-electron chi connectivity index (χ2n) is 5.59. The molecule has 0 atom stereocenters. The third-order valence-electron chi connectivity index (χ3n) is 3.89. The summed E-state index contributed by atoms with van der Waals surface area (Å²) in [6.45, 7) is 1.71. The maximum Gasteiger partial charge on any atom is 0.336 e. The zero-order valence-electron chi connectivity index (χ0n) is 12.6. The summed E-state index contributed by atoms with van der Waals surface area (Å²) in [7, 11) is 3.52. The van der Waals surface area contributed by atoms with Crippen LogP contribution in [0.1, 0.15) is 35.2 Å². The van der Waals surface area contributed by atoms with Crippen LogP contribution in [0.25, 0.3) is 0 Å². The third-order valence-corrected chi connectivity index (χ3v) is 3.89. The number of rotatable bonds is 5. The first-order valence-electron chi connectivity index (χ1n) is 7.31. The van der Waals surface area contributed by atoms with E-state index in [1.54, 1.807) is 31.1 Å². The highest BCUT2D eigenvalue weighted by atomic mass is 16.4. The average Bonchev–Trinajstić information content (AvgIpc) is 2.46. The molecule has 1 aliphatic rings. The Hall–Kier alpha value is -2.04. The molecule has 0 saturated carbocycles. The van der Waals surface area contributed by atoms with Gasteiger partial charge in [-0.25, -0.2) is 4.79 Å². The van der Waals surface area contributed by atoms with E-state index in [9.17, 15) is 14.7 Å². The van der Waals surface area contributed by atoms with Crippen molar-refractivity contribution in [3.05, 3.63) is 29.3 Å². The minimum Gasteiger partial charge on any atom is -0.478 e. The number of carboxylic acids is 1. The molecule has 0 fully saturated rings. The third kappa shape index (κ3) is 3.54. The van der Waals surface area contributed by atoms with Gasteiger partial charge in [0.05, 0.1) is 5.56 Å². The fourth-order valence-corrected chi connectivity index (χ4v) is 2.78. The van der Waals surface area contributed by atoms with Crippen molar-refractivity contribution in [2.24, 2.45) is 0 Å². The van der Waals surface area contributed by atoms with Crippen LogP contribution in [0.2, 0.25) is 0 Å². The van der Waals surface area contributed by atoms with Gasteiger partial charge in [0.15, 0.2) is 0 Å². The average molecular weight is 290 g/mol. The highest BCUT2D eigenvalue weighted by molar-refractivity contribution is 5.91. The molecule has 0 saturated heterocycles. The maximum absolute atomic E-state index is 11.6. The van der Waals surface area contributed by atoms with Gasteiger partial charge in [-0.3, -0.25) is 4.79 Å². The Labute approximate surface area is 125 Å². The van der Waals surface area contributed by atoms with Crippen LogP contribution in [0.5, 0.6) is 0 Å². The van der Waals surface area contributed by atoms with Crippen molar-refractivity contribution in [3.63, 3.8) is 0 Å². The SMILES string of the molecule is CN(C)C(=O)CCCN1CCCc2c(C(=O)O)cccc21. The first-order chi connectivity index (χ1) is 10.0. The first-order valence-corrected chi connectivity index (χ1v) is 7.31. The molecule has 5 heteroatoms. The zero-order valence-corrected chi connectivity index (χ0v) is 12.6. The van der Waals surface area contributed by atoms with Gasteiger partial charge in [-0.15, -0.1) is 0 Å². The molecule has 1 heterocycles. The molecule has 0 aromatic heterocycles. The summed E-state index contributed by atoms with van der Waals surface area (Å²) in [5.41, 5.74) is 2.34. The van der Waals surface area contributed by atoms with Gasteiger partial charge in [-0.2, -0.15) is 0 Å². The van der Waals surface area contributed by atoms with E-state index in [1.165, 1.54) is 0 Å². The number of carbonyl (C=O) groups is 2. The van der Waals surface area contributed by atoms with E-state index in [-0.39, 0.29) is 5.91 Å². The van der Waals surface area contributed by atoms with Crippen molar-refractivity contribution in [3.8, 4) is 0 Å². The highest BCUT2D eigenvalue weighted by Crippen LogP contribution is 2.30. The van der Waals surface area contributed by atoms with Crippen LogP contribution >= 0.6 is 0 Å². The molecule has 5 nitrogen and oxygen atoms in total. The van der Waals surface area contributed by atoms with Crippen molar-refractivity contribution in [2.75, 3.05) is 32.1 Å². The van der Waals surface area contributed by atoms with E-state index >= 15 is 0 Å². The lowest BCUT2D eigenvalue weighted by molar-refractivity contribution is -0.128. The quantitative estimate of drug-likeness (QED) is 0.901. The number of fused-ring (bicyclic) bond motifs is 1. The number of benzene rings is 1. The minimum atomic E-state index is -0.864. The number of anilines is 1. The minimum absolute atomic E-state index is 0.131. The summed E-state index contributed by atoms with van der Waals surface area (Å²) in [6, 6.07) is 5.44. The molecule has 0 spiro atoms. The fourth-order valence-electron chi connectivity index (χ4n) is 2.78. The molecule has 1 aromatic rings. The van der Waals surface area contributed by atoms with Crippen molar-refractivity contribution in [2.45, 2.75) is 25.7 Å². The smallest absolute Gasteiger partial charge is 0.336 e. The Morgan fingerprint density at radius 3 is 2.76 bits per heavy atom. The second-order valence-corrected chi connectivity index (χ2v) is 5.59. The summed E-state index contributed by atoms with van der Waals surface area (Å²) in [5.74, 6) is -0.733. The number of aromatic carboxylic acids is 1. The molecule has 1 aliphatic heterocycles. The molecule has 2 rings (SSSR count).